The maximum absolute atomic E-state index is 12.3. The Morgan fingerprint density at radius 2 is 1.40 bits per heavy atom. The lowest BCUT2D eigenvalue weighted by molar-refractivity contribution is -0.138. The van der Waals surface area contributed by atoms with E-state index in [0.717, 1.165) is 32.4 Å². The molecule has 1 saturated heterocycles. The molecule has 1 heterocycles. The van der Waals surface area contributed by atoms with Crippen molar-refractivity contribution in [1.82, 2.24) is 20.9 Å². The average Bonchev–Trinajstić information content (AvgIpc) is 3.87. The number of carbonyl (C=O) groups excluding carboxylic acids is 5. The van der Waals surface area contributed by atoms with Crippen molar-refractivity contribution < 1.29 is 24.0 Å². The number of primary amides is 1. The molecular formula is C41H75N7O7. The molecule has 5 N–H and O–H groups in total. The van der Waals surface area contributed by atoms with Crippen LogP contribution in [0.5, 0.6) is 0 Å². The van der Waals surface area contributed by atoms with Gasteiger partial charge in [-0.2, -0.15) is 0 Å². The topological polar surface area (TPSA) is 191 Å². The second-order valence-corrected chi connectivity index (χ2v) is 16.3. The Morgan fingerprint density at radius 3 is 1.78 bits per heavy atom. The largest absolute Gasteiger partial charge is 0.373 e. The monoisotopic (exact) mass is 778 g/mol. The molecule has 4 unspecified atom stereocenters. The van der Waals surface area contributed by atoms with Crippen LogP contribution >= 0.6 is 0 Å². The van der Waals surface area contributed by atoms with Crippen molar-refractivity contribution in [2.75, 3.05) is 51.1 Å². The van der Waals surface area contributed by atoms with Crippen LogP contribution in [0.1, 0.15) is 126 Å². The van der Waals surface area contributed by atoms with E-state index in [1.165, 1.54) is 64.7 Å². The van der Waals surface area contributed by atoms with E-state index in [9.17, 15) is 28.8 Å². The lowest BCUT2D eigenvalue weighted by Crippen LogP contribution is -2.53. The Bertz CT molecular complexity index is 1340. The number of hydrogen-bond acceptors (Lipinski definition) is 10. The number of nitrogens with two attached hydrogens (primary N) is 1. The van der Waals surface area contributed by atoms with Crippen LogP contribution in [0, 0.1) is 17.3 Å². The zero-order chi connectivity index (χ0) is 42.3. The summed E-state index contributed by atoms with van der Waals surface area (Å²) < 4.78 is 0. The Morgan fingerprint density at radius 1 is 0.873 bits per heavy atom. The number of nitrogens with one attached hydrogen (secondary N) is 3. The highest BCUT2D eigenvalue weighted by molar-refractivity contribution is 5.85. The van der Waals surface area contributed by atoms with Crippen LogP contribution in [0.25, 0.3) is 0 Å². The van der Waals surface area contributed by atoms with Gasteiger partial charge in [0.15, 0.2) is 5.78 Å². The van der Waals surface area contributed by atoms with Gasteiger partial charge in [-0.3, -0.25) is 33.6 Å². The number of likely N-dealkylation sites (N-methyl/N-ethyl adjacent to an activating group) is 2. The Balaban J connectivity index is 0.000000758. The predicted octanol–water partition coefficient (Wildman–Crippen LogP) is 3.51. The molecule has 0 radical (unpaired) electrons. The van der Waals surface area contributed by atoms with Crippen LogP contribution in [0.2, 0.25) is 0 Å². The first-order valence-corrected chi connectivity index (χ1v) is 20.2. The molecule has 4 rings (SSSR count). The summed E-state index contributed by atoms with van der Waals surface area (Å²) in [5.41, 5.74) is 4.32. The molecule has 3 fully saturated rings. The summed E-state index contributed by atoms with van der Waals surface area (Å²) in [6, 6.07) is 0.00562. The summed E-state index contributed by atoms with van der Waals surface area (Å²) in [7, 11) is 7.52. The fourth-order valence-corrected chi connectivity index (χ4v) is 6.84. The van der Waals surface area contributed by atoms with Crippen molar-refractivity contribution in [3.05, 3.63) is 20.4 Å². The highest BCUT2D eigenvalue weighted by Gasteiger charge is 2.37. The first kappa shape index (κ1) is 51.2. The van der Waals surface area contributed by atoms with E-state index < -0.39 is 6.04 Å². The first-order valence-electron chi connectivity index (χ1n) is 20.2. The molecule has 2 aliphatic carbocycles. The molecular weight excluding hydrogens is 702 g/mol. The van der Waals surface area contributed by atoms with Gasteiger partial charge in [0.25, 0.3) is 10.9 Å². The van der Waals surface area contributed by atoms with Gasteiger partial charge in [-0.1, -0.05) is 79.6 Å². The fourth-order valence-electron chi connectivity index (χ4n) is 6.84. The molecule has 1 aromatic rings. The number of carbonyl (C=O) groups is 5. The van der Waals surface area contributed by atoms with Crippen molar-refractivity contribution in [3.63, 3.8) is 0 Å². The first-order chi connectivity index (χ1) is 25.9. The minimum Gasteiger partial charge on any atom is -0.373 e. The molecule has 0 aromatic heterocycles. The normalized spacial score (nSPS) is 18.1. The molecule has 14 heteroatoms. The molecule has 0 bridgehead atoms. The second-order valence-electron chi connectivity index (χ2n) is 16.3. The number of anilines is 2. The molecule has 4 atom stereocenters. The van der Waals surface area contributed by atoms with Crippen molar-refractivity contribution >= 4 is 42.3 Å². The molecule has 4 amide bonds. The minimum absolute atomic E-state index is 0.0459. The van der Waals surface area contributed by atoms with Gasteiger partial charge in [0.1, 0.15) is 17.4 Å². The molecule has 3 aliphatic rings. The third-order valence-electron chi connectivity index (χ3n) is 10.5. The average molecular weight is 778 g/mol. The number of nitrogens with zero attached hydrogens (tertiary/aromatic N) is 3. The number of unbranched alkanes of at least 4 members (excludes halogenated alkanes) is 1. The summed E-state index contributed by atoms with van der Waals surface area (Å²) >= 11 is 0. The summed E-state index contributed by atoms with van der Waals surface area (Å²) in [5.74, 6) is 1.45. The van der Waals surface area contributed by atoms with Gasteiger partial charge < -0.3 is 36.4 Å². The quantitative estimate of drug-likeness (QED) is 0.152. The number of Topliss-reactive ketones (excluding diaryl/α,β-unsaturated/α-hetero) is 1. The predicted molar refractivity (Wildman–Crippen MR) is 223 cm³/mol. The van der Waals surface area contributed by atoms with E-state index in [1.807, 2.05) is 58.8 Å². The third kappa shape index (κ3) is 18.1. The summed E-state index contributed by atoms with van der Waals surface area (Å²) in [4.78, 5) is 81.5. The van der Waals surface area contributed by atoms with E-state index in [0.29, 0.717) is 48.1 Å². The smallest absolute Gasteiger partial charge is 0.253 e. The van der Waals surface area contributed by atoms with E-state index in [1.54, 1.807) is 4.90 Å². The van der Waals surface area contributed by atoms with E-state index >= 15 is 0 Å². The van der Waals surface area contributed by atoms with Crippen molar-refractivity contribution in [1.29, 1.82) is 0 Å². The number of likely N-dealkylation sites (tertiary alicyclic amines) is 1. The summed E-state index contributed by atoms with van der Waals surface area (Å²) in [6.45, 7) is 15.4. The van der Waals surface area contributed by atoms with Gasteiger partial charge in [-0.05, 0) is 70.3 Å². The summed E-state index contributed by atoms with van der Waals surface area (Å²) in [5, 5.41) is 8.57. The van der Waals surface area contributed by atoms with Crippen LogP contribution < -0.4 is 42.3 Å². The van der Waals surface area contributed by atoms with E-state index in [2.05, 4.69) is 42.5 Å². The SMILES string of the molecule is CC(=O)C(CC1CC1)NC=O.CC1CCCN1C(=O)C(NC=O)C(C)(C)C.CCCC.CNC(CN(C)c1c(N(C)C)c(=O)c1=O)C1CCCCC1.NC=O. The van der Waals surface area contributed by atoms with Gasteiger partial charge in [-0.25, -0.2) is 0 Å². The van der Waals surface area contributed by atoms with Crippen molar-refractivity contribution in [3.8, 4) is 0 Å². The molecule has 2 saturated carbocycles. The molecule has 55 heavy (non-hydrogen) atoms. The second kappa shape index (κ2) is 26.9. The fraction of sp³-hybridized carbons (Fsp3) is 0.780. The van der Waals surface area contributed by atoms with E-state index in [4.69, 9.17) is 4.79 Å². The van der Waals surface area contributed by atoms with Crippen LogP contribution in [0.4, 0.5) is 11.4 Å². The maximum Gasteiger partial charge on any atom is 0.253 e. The van der Waals surface area contributed by atoms with Gasteiger partial charge in [0.05, 0.1) is 6.04 Å². The number of amides is 4. The van der Waals surface area contributed by atoms with Gasteiger partial charge in [0.2, 0.25) is 25.1 Å². The molecule has 316 valence electrons. The molecule has 0 spiro atoms. The number of rotatable bonds is 15. The zero-order valence-electron chi connectivity index (χ0n) is 35.9. The van der Waals surface area contributed by atoms with Gasteiger partial charge in [0, 0.05) is 46.3 Å². The highest BCUT2D eigenvalue weighted by Crippen LogP contribution is 2.33. The minimum atomic E-state index is -0.425. The highest BCUT2D eigenvalue weighted by atomic mass is 16.2. The lowest BCUT2D eigenvalue weighted by Gasteiger charge is -2.35. The maximum atomic E-state index is 12.3. The standard InChI is InChI=1S/C16H27N3O2.C12H22N2O2.C8H13NO2.C4H10.CH3NO/c1-17-12(11-8-6-5-7-9-11)10-19(4)14-13(18(2)3)15(20)16(14)21;1-9-6-5-7-14(9)11(16)10(13-8-15)12(2,3)4;1-6(11)8(9-5-10)4-7-2-3-7;1-3-4-2;2-1-3/h11-12,17H,5-10H2,1-4H3;8-10H,5-7H2,1-4H3,(H,13,15);5,7-8H,2-4H2,1H3,(H,9,10);3-4H2,1-2H3;1H,(H2,2,3). The zero-order valence-corrected chi connectivity index (χ0v) is 35.9. The van der Waals surface area contributed by atoms with Crippen molar-refractivity contribution in [2.24, 2.45) is 23.0 Å². The molecule has 14 nitrogen and oxygen atoms in total. The number of ketones is 1. The number of hydrogen-bond donors (Lipinski definition) is 4. The molecule has 1 aromatic carbocycles. The Labute approximate surface area is 330 Å². The van der Waals surface area contributed by atoms with Gasteiger partial charge in [-0.15, -0.1) is 0 Å². The van der Waals surface area contributed by atoms with Crippen LogP contribution in [0.3, 0.4) is 0 Å². The summed E-state index contributed by atoms with van der Waals surface area (Å²) in [6.07, 6.45) is 15.9. The van der Waals surface area contributed by atoms with E-state index in [-0.39, 0.29) is 40.4 Å². The Kier molecular flexibility index (Phi) is 25.0. The van der Waals surface area contributed by atoms with Crippen molar-refractivity contribution in [2.45, 2.75) is 150 Å². The molecule has 1 aliphatic heterocycles. The third-order valence-corrected chi connectivity index (χ3v) is 10.5. The lowest BCUT2D eigenvalue weighted by atomic mass is 9.83. The van der Waals surface area contributed by atoms with Crippen LogP contribution in [-0.2, 0) is 24.0 Å². The van der Waals surface area contributed by atoms with Gasteiger partial charge >= 0.3 is 0 Å². The Hall–Kier alpha value is -3.81. The van der Waals surface area contributed by atoms with Crippen LogP contribution in [0.15, 0.2) is 9.59 Å². The van der Waals surface area contributed by atoms with Crippen LogP contribution in [-0.4, -0.2) is 101 Å².